The van der Waals surface area contributed by atoms with Gasteiger partial charge in [-0.2, -0.15) is 0 Å². The van der Waals surface area contributed by atoms with Gasteiger partial charge < -0.3 is 9.97 Å². The summed E-state index contributed by atoms with van der Waals surface area (Å²) in [5.74, 6) is 0.968. The van der Waals surface area contributed by atoms with Crippen LogP contribution in [0.25, 0.3) is 22.1 Å². The standard InChI is InChI=1S/C22H26N4/c1-13(2)17-7-9-24-22-20(17)15(12-25-22)5-6-16-11-19(14(3)4)18-8-10-23-21(18)26-16/h7-14H,5-6H2,1-4H3,(H,23,26)(H,24,25). The molecule has 4 nitrogen and oxygen atoms in total. The largest absolute Gasteiger partial charge is 0.346 e. The van der Waals surface area contributed by atoms with Crippen molar-refractivity contribution in [2.24, 2.45) is 0 Å². The molecule has 0 aliphatic carbocycles. The van der Waals surface area contributed by atoms with Crippen molar-refractivity contribution in [1.29, 1.82) is 0 Å². The summed E-state index contributed by atoms with van der Waals surface area (Å²) in [5, 5.41) is 2.52. The van der Waals surface area contributed by atoms with Gasteiger partial charge >= 0.3 is 0 Å². The second-order valence-electron chi connectivity index (χ2n) is 7.69. The lowest BCUT2D eigenvalue weighted by atomic mass is 9.96. The molecule has 0 bridgehead atoms. The van der Waals surface area contributed by atoms with Gasteiger partial charge in [-0.1, -0.05) is 27.7 Å². The molecule has 0 aliphatic heterocycles. The van der Waals surface area contributed by atoms with Crippen LogP contribution in [0.4, 0.5) is 0 Å². The summed E-state index contributed by atoms with van der Waals surface area (Å²) >= 11 is 0. The molecule has 0 saturated carbocycles. The zero-order valence-electron chi connectivity index (χ0n) is 15.9. The molecule has 4 aromatic heterocycles. The van der Waals surface area contributed by atoms with Gasteiger partial charge in [0.05, 0.1) is 0 Å². The second-order valence-corrected chi connectivity index (χ2v) is 7.69. The summed E-state index contributed by atoms with van der Waals surface area (Å²) in [6, 6.07) is 6.55. The maximum atomic E-state index is 4.83. The Morgan fingerprint density at radius 3 is 2.50 bits per heavy atom. The van der Waals surface area contributed by atoms with Crippen LogP contribution in [0.1, 0.15) is 61.9 Å². The van der Waals surface area contributed by atoms with Crippen molar-refractivity contribution in [3.05, 3.63) is 59.2 Å². The summed E-state index contributed by atoms with van der Waals surface area (Å²) in [6.45, 7) is 8.96. The molecule has 0 amide bonds. The van der Waals surface area contributed by atoms with Crippen molar-refractivity contribution in [1.82, 2.24) is 19.9 Å². The van der Waals surface area contributed by atoms with Gasteiger partial charge in [0, 0.05) is 35.1 Å². The molecular weight excluding hydrogens is 320 g/mol. The Kier molecular flexibility index (Phi) is 4.27. The Balaban J connectivity index is 1.68. The Morgan fingerprint density at radius 2 is 1.73 bits per heavy atom. The molecule has 2 N–H and O–H groups in total. The van der Waals surface area contributed by atoms with Gasteiger partial charge in [0.2, 0.25) is 0 Å². The van der Waals surface area contributed by atoms with E-state index in [1.807, 2.05) is 12.4 Å². The fraction of sp³-hybridized carbons (Fsp3) is 0.364. The van der Waals surface area contributed by atoms with E-state index in [9.17, 15) is 0 Å². The number of nitrogens with zero attached hydrogens (tertiary/aromatic N) is 2. The van der Waals surface area contributed by atoms with E-state index in [0.717, 1.165) is 29.8 Å². The average Bonchev–Trinajstić information content (AvgIpc) is 3.25. The predicted octanol–water partition coefficient (Wildman–Crippen LogP) is 5.47. The number of fused-ring (bicyclic) bond motifs is 2. The highest BCUT2D eigenvalue weighted by Crippen LogP contribution is 2.29. The molecule has 0 saturated heterocycles. The fourth-order valence-corrected chi connectivity index (χ4v) is 3.82. The number of H-pyrrole nitrogens is 2. The monoisotopic (exact) mass is 346 g/mol. The highest BCUT2D eigenvalue weighted by Gasteiger charge is 2.14. The number of pyridine rings is 2. The first-order valence-electron chi connectivity index (χ1n) is 9.46. The Morgan fingerprint density at radius 1 is 0.923 bits per heavy atom. The van der Waals surface area contributed by atoms with Gasteiger partial charge in [0.1, 0.15) is 11.3 Å². The highest BCUT2D eigenvalue weighted by atomic mass is 14.9. The van der Waals surface area contributed by atoms with Crippen LogP contribution in [0, 0.1) is 0 Å². The van der Waals surface area contributed by atoms with E-state index < -0.39 is 0 Å². The van der Waals surface area contributed by atoms with E-state index in [0.29, 0.717) is 11.8 Å². The van der Waals surface area contributed by atoms with Crippen molar-refractivity contribution >= 4 is 22.1 Å². The molecule has 0 radical (unpaired) electrons. The van der Waals surface area contributed by atoms with Crippen LogP contribution in [0.3, 0.4) is 0 Å². The molecular formula is C22H26N4. The van der Waals surface area contributed by atoms with Crippen molar-refractivity contribution in [2.75, 3.05) is 0 Å². The molecule has 4 heteroatoms. The molecule has 26 heavy (non-hydrogen) atoms. The first-order chi connectivity index (χ1) is 12.5. The average molecular weight is 346 g/mol. The third kappa shape index (κ3) is 2.90. The molecule has 0 fully saturated rings. The van der Waals surface area contributed by atoms with E-state index in [-0.39, 0.29) is 0 Å². The van der Waals surface area contributed by atoms with Crippen LogP contribution in [0.5, 0.6) is 0 Å². The minimum atomic E-state index is 0.482. The summed E-state index contributed by atoms with van der Waals surface area (Å²) < 4.78 is 0. The molecule has 0 aromatic carbocycles. The predicted molar refractivity (Wildman–Crippen MR) is 108 cm³/mol. The van der Waals surface area contributed by atoms with E-state index >= 15 is 0 Å². The lowest BCUT2D eigenvalue weighted by Gasteiger charge is -2.11. The molecule has 4 rings (SSSR count). The SMILES string of the molecule is CC(C)c1cc(CCc2c[nH]c3nccc(C(C)C)c23)nc2[nH]ccc12. The van der Waals surface area contributed by atoms with Gasteiger partial charge in [0.15, 0.2) is 0 Å². The van der Waals surface area contributed by atoms with E-state index in [2.05, 4.69) is 67.0 Å². The van der Waals surface area contributed by atoms with Gasteiger partial charge in [0.25, 0.3) is 0 Å². The van der Waals surface area contributed by atoms with Crippen LogP contribution in [-0.2, 0) is 12.8 Å². The van der Waals surface area contributed by atoms with Crippen LogP contribution >= 0.6 is 0 Å². The Hall–Kier alpha value is -2.62. The third-order valence-corrected chi connectivity index (χ3v) is 5.20. The number of aromatic amines is 2. The smallest absolute Gasteiger partial charge is 0.137 e. The lowest BCUT2D eigenvalue weighted by molar-refractivity contribution is 0.855. The number of hydrogen-bond acceptors (Lipinski definition) is 2. The zero-order valence-corrected chi connectivity index (χ0v) is 15.9. The third-order valence-electron chi connectivity index (χ3n) is 5.20. The van der Waals surface area contributed by atoms with Gasteiger partial charge in [-0.15, -0.1) is 0 Å². The number of rotatable bonds is 5. The van der Waals surface area contributed by atoms with Crippen molar-refractivity contribution < 1.29 is 0 Å². The Bertz CT molecular complexity index is 1050. The quantitative estimate of drug-likeness (QED) is 0.503. The van der Waals surface area contributed by atoms with Gasteiger partial charge in [-0.3, -0.25) is 0 Å². The highest BCUT2D eigenvalue weighted by molar-refractivity contribution is 5.84. The topological polar surface area (TPSA) is 57.4 Å². The molecule has 134 valence electrons. The summed E-state index contributed by atoms with van der Waals surface area (Å²) in [5.41, 5.74) is 7.19. The maximum Gasteiger partial charge on any atom is 0.137 e. The van der Waals surface area contributed by atoms with Gasteiger partial charge in [-0.25, -0.2) is 9.97 Å². The zero-order chi connectivity index (χ0) is 18.3. The Labute approximate surface area is 154 Å². The second kappa shape index (κ2) is 6.60. The lowest BCUT2D eigenvalue weighted by Crippen LogP contribution is -1.99. The van der Waals surface area contributed by atoms with Crippen molar-refractivity contribution in [3.8, 4) is 0 Å². The van der Waals surface area contributed by atoms with E-state index in [4.69, 9.17) is 4.98 Å². The fourth-order valence-electron chi connectivity index (χ4n) is 3.82. The normalized spacial score (nSPS) is 12.1. The van der Waals surface area contributed by atoms with Crippen LogP contribution in [0.2, 0.25) is 0 Å². The maximum absolute atomic E-state index is 4.83. The minimum Gasteiger partial charge on any atom is -0.346 e. The molecule has 0 aliphatic rings. The van der Waals surface area contributed by atoms with Crippen LogP contribution in [-0.4, -0.2) is 19.9 Å². The number of aromatic nitrogens is 4. The molecule has 4 aromatic rings. The molecule has 0 spiro atoms. The number of nitrogens with one attached hydrogen (secondary N) is 2. The summed E-state index contributed by atoms with van der Waals surface area (Å²) in [7, 11) is 0. The van der Waals surface area contributed by atoms with E-state index in [1.54, 1.807) is 0 Å². The summed E-state index contributed by atoms with van der Waals surface area (Å²) in [4.78, 5) is 15.9. The first kappa shape index (κ1) is 16.8. The van der Waals surface area contributed by atoms with E-state index in [1.165, 1.54) is 27.5 Å². The van der Waals surface area contributed by atoms with Crippen LogP contribution < -0.4 is 0 Å². The summed E-state index contributed by atoms with van der Waals surface area (Å²) in [6.07, 6.45) is 7.87. The molecule has 4 heterocycles. The van der Waals surface area contributed by atoms with Crippen molar-refractivity contribution in [3.63, 3.8) is 0 Å². The first-order valence-corrected chi connectivity index (χ1v) is 9.46. The number of aryl methyl sites for hydroxylation is 2. The minimum absolute atomic E-state index is 0.482. The molecule has 0 atom stereocenters. The number of hydrogen-bond donors (Lipinski definition) is 2. The van der Waals surface area contributed by atoms with Crippen molar-refractivity contribution in [2.45, 2.75) is 52.4 Å². The molecule has 0 unspecified atom stereocenters. The van der Waals surface area contributed by atoms with Gasteiger partial charge in [-0.05, 0) is 59.6 Å². The van der Waals surface area contributed by atoms with Crippen LogP contribution in [0.15, 0.2) is 36.8 Å².